The Morgan fingerprint density at radius 3 is 2.24 bits per heavy atom. The molecule has 2 aromatic heterocycles. The fraction of sp³-hybridized carbons (Fsp3) is 0.211. The highest BCUT2D eigenvalue weighted by atomic mass is 35.5. The molecular weight excluding hydrogens is 660 g/mol. The summed E-state index contributed by atoms with van der Waals surface area (Å²) < 4.78 is 11.2. The smallest absolute Gasteiger partial charge is 0.413 e. The van der Waals surface area contributed by atoms with Gasteiger partial charge >= 0.3 is 12.2 Å². The van der Waals surface area contributed by atoms with Crippen molar-refractivity contribution in [2.45, 2.75) is 55.4 Å². The number of aliphatic hydroxyl groups excluding tert-OH is 1. The molecule has 0 spiro atoms. The SMILES string of the molecule is CC(C)(C)OC(=O)Nc1ccc(-c2ccc(Cl)c(Sc3ncccc3CO)c2CNC(=O)OCC2c3ccccc3-c3ccccc32)cn1. The number of hydrogen-bond acceptors (Lipinski definition) is 8. The fourth-order valence-electron chi connectivity index (χ4n) is 5.73. The van der Waals surface area contributed by atoms with Crippen molar-refractivity contribution in [2.24, 2.45) is 0 Å². The number of hydrogen-bond donors (Lipinski definition) is 3. The lowest BCUT2D eigenvalue weighted by atomic mass is 9.98. The van der Waals surface area contributed by atoms with E-state index in [-0.39, 0.29) is 25.7 Å². The highest BCUT2D eigenvalue weighted by Crippen LogP contribution is 2.45. The van der Waals surface area contributed by atoms with Crippen LogP contribution in [0, 0.1) is 0 Å². The second kappa shape index (κ2) is 14.7. The first-order chi connectivity index (χ1) is 23.6. The summed E-state index contributed by atoms with van der Waals surface area (Å²) in [6.45, 7) is 5.40. The highest BCUT2D eigenvalue weighted by Gasteiger charge is 2.29. The van der Waals surface area contributed by atoms with Crippen molar-refractivity contribution in [1.82, 2.24) is 15.3 Å². The Labute approximate surface area is 294 Å². The van der Waals surface area contributed by atoms with E-state index in [0.29, 0.717) is 31.9 Å². The maximum atomic E-state index is 13.3. The lowest BCUT2D eigenvalue weighted by Crippen LogP contribution is -2.27. The summed E-state index contributed by atoms with van der Waals surface area (Å²) in [7, 11) is 0. The molecule has 6 rings (SSSR count). The van der Waals surface area contributed by atoms with Gasteiger partial charge in [0, 0.05) is 40.9 Å². The number of benzene rings is 3. The summed E-state index contributed by atoms with van der Waals surface area (Å²) in [6, 6.07) is 27.0. The molecule has 0 atom stereocenters. The summed E-state index contributed by atoms with van der Waals surface area (Å²) in [5.74, 6) is 0.242. The van der Waals surface area contributed by atoms with E-state index in [4.69, 9.17) is 21.1 Å². The van der Waals surface area contributed by atoms with Gasteiger partial charge in [-0.25, -0.2) is 19.6 Å². The van der Waals surface area contributed by atoms with Gasteiger partial charge in [0.25, 0.3) is 0 Å². The van der Waals surface area contributed by atoms with Gasteiger partial charge < -0.3 is 19.9 Å². The van der Waals surface area contributed by atoms with Crippen molar-refractivity contribution in [3.05, 3.63) is 125 Å². The second-order valence-corrected chi connectivity index (χ2v) is 13.8. The first kappa shape index (κ1) is 34.0. The van der Waals surface area contributed by atoms with E-state index in [1.165, 1.54) is 11.8 Å². The third-order valence-electron chi connectivity index (χ3n) is 7.89. The number of aliphatic hydroxyl groups is 1. The van der Waals surface area contributed by atoms with E-state index in [9.17, 15) is 14.7 Å². The van der Waals surface area contributed by atoms with Gasteiger partial charge in [-0.05, 0) is 78.4 Å². The van der Waals surface area contributed by atoms with Crippen molar-refractivity contribution in [3.63, 3.8) is 0 Å². The van der Waals surface area contributed by atoms with Gasteiger partial charge in [-0.1, -0.05) is 84.0 Å². The van der Waals surface area contributed by atoms with E-state index in [1.54, 1.807) is 57.4 Å². The quantitative estimate of drug-likeness (QED) is 0.140. The second-order valence-electron chi connectivity index (χ2n) is 12.4. The van der Waals surface area contributed by atoms with Gasteiger partial charge in [-0.2, -0.15) is 0 Å². The Balaban J connectivity index is 1.25. The van der Waals surface area contributed by atoms with Crippen LogP contribution in [0.15, 0.2) is 107 Å². The maximum Gasteiger partial charge on any atom is 0.413 e. The molecule has 0 fully saturated rings. The maximum absolute atomic E-state index is 13.3. The Kier molecular flexibility index (Phi) is 10.2. The summed E-state index contributed by atoms with van der Waals surface area (Å²) >= 11 is 8.09. The largest absolute Gasteiger partial charge is 0.449 e. The van der Waals surface area contributed by atoms with E-state index in [2.05, 4.69) is 44.9 Å². The van der Waals surface area contributed by atoms with Gasteiger partial charge in [0.2, 0.25) is 0 Å². The molecule has 3 N–H and O–H groups in total. The molecule has 0 aliphatic heterocycles. The number of nitrogens with one attached hydrogen (secondary N) is 2. The normalized spacial score (nSPS) is 12.2. The molecule has 1 aliphatic rings. The Hall–Kier alpha value is -4.90. The number of nitrogens with zero attached hydrogens (tertiary/aromatic N) is 2. The molecule has 0 bridgehead atoms. The topological polar surface area (TPSA) is 123 Å². The molecule has 0 saturated heterocycles. The zero-order chi connectivity index (χ0) is 34.5. The van der Waals surface area contributed by atoms with E-state index >= 15 is 0 Å². The monoisotopic (exact) mass is 694 g/mol. The lowest BCUT2D eigenvalue weighted by Gasteiger charge is -2.20. The molecular formula is C38H35ClN4O5S. The zero-order valence-corrected chi connectivity index (χ0v) is 28.8. The van der Waals surface area contributed by atoms with Crippen LogP contribution in [0.2, 0.25) is 5.02 Å². The van der Waals surface area contributed by atoms with Crippen LogP contribution in [-0.2, 0) is 22.6 Å². The van der Waals surface area contributed by atoms with E-state index in [1.807, 2.05) is 36.4 Å². The first-order valence-corrected chi connectivity index (χ1v) is 16.9. The Morgan fingerprint density at radius 1 is 0.878 bits per heavy atom. The molecule has 11 heteroatoms. The molecule has 49 heavy (non-hydrogen) atoms. The molecule has 0 saturated carbocycles. The Bertz CT molecular complexity index is 1950. The van der Waals surface area contributed by atoms with Crippen LogP contribution in [0.25, 0.3) is 22.3 Å². The van der Waals surface area contributed by atoms with Crippen molar-refractivity contribution >= 4 is 41.4 Å². The predicted octanol–water partition coefficient (Wildman–Crippen LogP) is 8.83. The Morgan fingerprint density at radius 2 is 1.59 bits per heavy atom. The summed E-state index contributed by atoms with van der Waals surface area (Å²) in [4.78, 5) is 35.1. The number of ether oxygens (including phenoxy) is 2. The van der Waals surface area contributed by atoms with E-state index < -0.39 is 17.8 Å². The third kappa shape index (κ3) is 7.88. The van der Waals surface area contributed by atoms with Crippen LogP contribution < -0.4 is 10.6 Å². The molecule has 2 heterocycles. The summed E-state index contributed by atoms with van der Waals surface area (Å²) in [5.41, 5.74) is 6.72. The van der Waals surface area contributed by atoms with Crippen LogP contribution >= 0.6 is 23.4 Å². The van der Waals surface area contributed by atoms with Gasteiger partial charge in [0.1, 0.15) is 23.1 Å². The van der Waals surface area contributed by atoms with Crippen LogP contribution in [0.5, 0.6) is 0 Å². The van der Waals surface area contributed by atoms with Crippen LogP contribution in [0.4, 0.5) is 15.4 Å². The minimum atomic E-state index is -0.653. The number of pyridine rings is 2. The first-order valence-electron chi connectivity index (χ1n) is 15.7. The van der Waals surface area contributed by atoms with Crippen molar-refractivity contribution in [3.8, 4) is 22.3 Å². The molecule has 0 radical (unpaired) electrons. The molecule has 2 amide bonds. The fourth-order valence-corrected chi connectivity index (χ4v) is 7.07. The number of anilines is 1. The molecule has 9 nitrogen and oxygen atoms in total. The van der Waals surface area contributed by atoms with Crippen LogP contribution in [0.3, 0.4) is 0 Å². The van der Waals surface area contributed by atoms with E-state index in [0.717, 1.165) is 33.4 Å². The molecule has 5 aromatic rings. The van der Waals surface area contributed by atoms with Crippen molar-refractivity contribution in [2.75, 3.05) is 11.9 Å². The van der Waals surface area contributed by atoms with Crippen molar-refractivity contribution < 1.29 is 24.2 Å². The molecule has 3 aromatic carbocycles. The number of carbonyl (C=O) groups is 2. The number of amides is 2. The lowest BCUT2D eigenvalue weighted by molar-refractivity contribution is 0.0635. The van der Waals surface area contributed by atoms with Crippen LogP contribution in [-0.4, -0.2) is 39.5 Å². The summed E-state index contributed by atoms with van der Waals surface area (Å²) in [6.07, 6.45) is 2.09. The third-order valence-corrected chi connectivity index (χ3v) is 9.55. The number of rotatable bonds is 9. The zero-order valence-electron chi connectivity index (χ0n) is 27.2. The van der Waals surface area contributed by atoms with Gasteiger partial charge in [-0.3, -0.25) is 5.32 Å². The highest BCUT2D eigenvalue weighted by molar-refractivity contribution is 7.99. The summed E-state index contributed by atoms with van der Waals surface area (Å²) in [5, 5.41) is 16.6. The average molecular weight is 695 g/mol. The van der Waals surface area contributed by atoms with Gasteiger partial charge in [0.15, 0.2) is 0 Å². The van der Waals surface area contributed by atoms with Gasteiger partial charge in [0.05, 0.1) is 11.6 Å². The molecule has 250 valence electrons. The number of fused-ring (bicyclic) bond motifs is 3. The number of aromatic nitrogens is 2. The standard InChI is InChI=1S/C38H35ClN4O5S/c1-38(2,3)48-37(46)43-33-17-14-23(19-41-33)25-15-16-32(39)34(49-35-24(21-44)9-8-18-40-35)30(25)20-42-36(45)47-22-31-28-12-6-4-10-26(28)27-11-5-7-13-29(27)31/h4-19,31,44H,20-22H2,1-3H3,(H,42,45)(H,41,43,46). The molecule has 0 unspecified atom stereocenters. The predicted molar refractivity (Wildman–Crippen MR) is 191 cm³/mol. The minimum absolute atomic E-state index is 0.0775. The van der Waals surface area contributed by atoms with Crippen molar-refractivity contribution in [1.29, 1.82) is 0 Å². The number of alkyl carbamates (subject to hydrolysis) is 1. The molecule has 1 aliphatic carbocycles. The average Bonchev–Trinajstić information content (AvgIpc) is 3.41. The minimum Gasteiger partial charge on any atom is -0.449 e. The van der Waals surface area contributed by atoms with Gasteiger partial charge in [-0.15, -0.1) is 0 Å². The number of halogens is 1. The number of carbonyl (C=O) groups excluding carboxylic acids is 2. The van der Waals surface area contributed by atoms with Crippen LogP contribution in [0.1, 0.15) is 48.9 Å².